The van der Waals surface area contributed by atoms with E-state index in [-0.39, 0.29) is 36.2 Å². The Hall–Kier alpha value is -2.64. The molecule has 2 fully saturated rings. The van der Waals surface area contributed by atoms with Gasteiger partial charge >= 0.3 is 13.1 Å². The number of esters is 1. The van der Waals surface area contributed by atoms with Crippen molar-refractivity contribution in [3.05, 3.63) is 71.8 Å². The summed E-state index contributed by atoms with van der Waals surface area (Å²) in [6.45, 7) is 9.71. The van der Waals surface area contributed by atoms with Crippen molar-refractivity contribution in [3.63, 3.8) is 0 Å². The highest BCUT2D eigenvalue weighted by molar-refractivity contribution is 6.45. The van der Waals surface area contributed by atoms with Gasteiger partial charge in [-0.05, 0) is 51.6 Å². The largest absolute Gasteiger partial charge is 0.457 e. The van der Waals surface area contributed by atoms with Gasteiger partial charge in [-0.25, -0.2) is 4.79 Å². The van der Waals surface area contributed by atoms with Crippen LogP contribution < -0.4 is 0 Å². The Morgan fingerprint density at radius 3 is 1.97 bits per heavy atom. The number of ether oxygens (including phenoxy) is 1. The summed E-state index contributed by atoms with van der Waals surface area (Å²) in [5.74, 6) is -0.482. The van der Waals surface area contributed by atoms with Crippen molar-refractivity contribution in [3.8, 4) is 0 Å². The maximum Gasteiger partial charge on any atom is 0.457 e. The molecule has 2 aromatic rings. The number of benzene rings is 2. The Morgan fingerprint density at radius 1 is 0.886 bits per heavy atom. The van der Waals surface area contributed by atoms with Crippen molar-refractivity contribution >= 4 is 19.0 Å². The first kappa shape index (κ1) is 25.5. The molecule has 186 valence electrons. The Labute approximate surface area is 209 Å². The molecule has 2 aliphatic heterocycles. The van der Waals surface area contributed by atoms with E-state index in [4.69, 9.17) is 14.0 Å². The first-order valence-corrected chi connectivity index (χ1v) is 12.6. The highest BCUT2D eigenvalue weighted by Crippen LogP contribution is 2.43. The van der Waals surface area contributed by atoms with Gasteiger partial charge in [-0.15, -0.1) is 0 Å². The van der Waals surface area contributed by atoms with Crippen LogP contribution in [0.15, 0.2) is 60.7 Å². The lowest BCUT2D eigenvalue weighted by molar-refractivity contribution is -0.181. The molecule has 35 heavy (non-hydrogen) atoms. The maximum absolute atomic E-state index is 13.2. The molecule has 0 saturated carbocycles. The van der Waals surface area contributed by atoms with Gasteiger partial charge in [-0.1, -0.05) is 73.5 Å². The van der Waals surface area contributed by atoms with Crippen LogP contribution in [0, 0.1) is 0 Å². The van der Waals surface area contributed by atoms with Gasteiger partial charge in [0, 0.05) is 6.92 Å². The Kier molecular flexibility index (Phi) is 7.39. The number of carbonyl (C=O) groups excluding carboxylic acids is 2. The van der Waals surface area contributed by atoms with E-state index in [2.05, 4.69) is 0 Å². The number of morpholine rings is 1. The van der Waals surface area contributed by atoms with Crippen LogP contribution in [0.1, 0.15) is 77.2 Å². The summed E-state index contributed by atoms with van der Waals surface area (Å²) < 4.78 is 18.2. The van der Waals surface area contributed by atoms with Crippen LogP contribution in [0.2, 0.25) is 6.32 Å². The Morgan fingerprint density at radius 2 is 1.43 bits per heavy atom. The molecule has 0 aliphatic carbocycles. The zero-order valence-electron chi connectivity index (χ0n) is 21.4. The standard InChI is InChI=1S/C28H36BNO5/c1-20(31)30-23(18-12-13-19-29-34-27(2,3)28(4,5)35-29)26(32)33-25(22-16-10-7-11-17-22)24(30)21-14-8-6-9-15-21/h6-11,14-17,23-25H,12-13,18-19H2,1-5H3/t23?,24-,25+/m1/s1. The summed E-state index contributed by atoms with van der Waals surface area (Å²) in [6.07, 6.45) is 2.29. The first-order valence-electron chi connectivity index (χ1n) is 12.6. The molecule has 7 heteroatoms. The van der Waals surface area contributed by atoms with Gasteiger partial charge in [-0.2, -0.15) is 0 Å². The molecule has 4 rings (SSSR count). The van der Waals surface area contributed by atoms with Crippen LogP contribution in [0.3, 0.4) is 0 Å². The normalized spacial score (nSPS) is 25.4. The third-order valence-electron chi connectivity index (χ3n) is 7.54. The highest BCUT2D eigenvalue weighted by atomic mass is 16.7. The summed E-state index contributed by atoms with van der Waals surface area (Å²) in [5.41, 5.74) is 1.11. The fourth-order valence-electron chi connectivity index (χ4n) is 5.00. The summed E-state index contributed by atoms with van der Waals surface area (Å²) in [6, 6.07) is 18.5. The Balaban J connectivity index is 1.50. The smallest absolute Gasteiger partial charge is 0.453 e. The van der Waals surface area contributed by atoms with E-state index in [1.807, 2.05) is 88.4 Å². The lowest BCUT2D eigenvalue weighted by Gasteiger charge is -2.45. The second kappa shape index (κ2) is 10.2. The van der Waals surface area contributed by atoms with Gasteiger partial charge in [0.05, 0.1) is 17.2 Å². The molecule has 2 aliphatic rings. The van der Waals surface area contributed by atoms with Gasteiger partial charge in [0.1, 0.15) is 6.04 Å². The fourth-order valence-corrected chi connectivity index (χ4v) is 5.00. The maximum atomic E-state index is 13.2. The average molecular weight is 477 g/mol. The van der Waals surface area contributed by atoms with E-state index in [1.54, 1.807) is 4.90 Å². The highest BCUT2D eigenvalue weighted by Gasteiger charge is 2.51. The SMILES string of the molecule is CC(=O)N1C(CCCCB2OC(C)(C)C(C)(C)O2)C(=O)O[C@@H](c2ccccc2)[C@H]1c1ccccc1. The minimum Gasteiger partial charge on any atom is -0.453 e. The predicted molar refractivity (Wildman–Crippen MR) is 136 cm³/mol. The fraction of sp³-hybridized carbons (Fsp3) is 0.500. The molecule has 0 radical (unpaired) electrons. The molecule has 0 aromatic heterocycles. The van der Waals surface area contributed by atoms with Crippen LogP contribution >= 0.6 is 0 Å². The van der Waals surface area contributed by atoms with Crippen LogP contribution in [-0.2, 0) is 23.6 Å². The Bertz CT molecular complexity index is 1010. The molecule has 2 aromatic carbocycles. The lowest BCUT2D eigenvalue weighted by Crippen LogP contribution is -2.53. The van der Waals surface area contributed by atoms with Crippen molar-refractivity contribution in [2.24, 2.45) is 0 Å². The van der Waals surface area contributed by atoms with E-state index in [0.717, 1.165) is 30.3 Å². The third-order valence-corrected chi connectivity index (χ3v) is 7.54. The number of nitrogens with zero attached hydrogens (tertiary/aromatic N) is 1. The van der Waals surface area contributed by atoms with E-state index in [1.165, 1.54) is 6.92 Å². The number of carbonyl (C=O) groups is 2. The number of cyclic esters (lactones) is 1. The molecule has 0 N–H and O–H groups in total. The topological polar surface area (TPSA) is 65.1 Å². The van der Waals surface area contributed by atoms with E-state index in [9.17, 15) is 9.59 Å². The molecule has 1 unspecified atom stereocenters. The van der Waals surface area contributed by atoms with Gasteiger partial charge in [0.15, 0.2) is 6.10 Å². The second-order valence-corrected chi connectivity index (χ2v) is 10.5. The first-order chi connectivity index (χ1) is 16.6. The molecule has 0 bridgehead atoms. The van der Waals surface area contributed by atoms with Gasteiger partial charge in [-0.3, -0.25) is 4.79 Å². The van der Waals surface area contributed by atoms with Gasteiger partial charge < -0.3 is 18.9 Å². The van der Waals surface area contributed by atoms with Crippen molar-refractivity contribution < 1.29 is 23.6 Å². The average Bonchev–Trinajstić information content (AvgIpc) is 3.03. The summed E-state index contributed by atoms with van der Waals surface area (Å²) in [7, 11) is -0.262. The molecule has 6 nitrogen and oxygen atoms in total. The zero-order chi connectivity index (χ0) is 25.2. The number of rotatable bonds is 7. The molecular weight excluding hydrogens is 441 g/mol. The van der Waals surface area contributed by atoms with E-state index >= 15 is 0 Å². The summed E-state index contributed by atoms with van der Waals surface area (Å²) in [4.78, 5) is 27.9. The minimum absolute atomic E-state index is 0.132. The number of hydrogen-bond donors (Lipinski definition) is 0. The zero-order valence-corrected chi connectivity index (χ0v) is 21.4. The molecule has 0 spiro atoms. The molecule has 1 amide bonds. The second-order valence-electron chi connectivity index (χ2n) is 10.5. The summed E-state index contributed by atoms with van der Waals surface area (Å²) in [5, 5.41) is 0. The minimum atomic E-state index is -0.629. The van der Waals surface area contributed by atoms with Gasteiger partial charge in [0.25, 0.3) is 0 Å². The van der Waals surface area contributed by atoms with Crippen molar-refractivity contribution in [2.75, 3.05) is 0 Å². The number of amides is 1. The predicted octanol–water partition coefficient (Wildman–Crippen LogP) is 5.51. The van der Waals surface area contributed by atoms with E-state index in [0.29, 0.717) is 6.42 Å². The molecule has 2 heterocycles. The van der Waals surface area contributed by atoms with Crippen LogP contribution in [0.4, 0.5) is 0 Å². The monoisotopic (exact) mass is 477 g/mol. The number of unbranched alkanes of at least 4 members (excludes halogenated alkanes) is 1. The number of hydrogen-bond acceptors (Lipinski definition) is 5. The van der Waals surface area contributed by atoms with Crippen molar-refractivity contribution in [2.45, 2.75) is 89.6 Å². The molecule has 2 saturated heterocycles. The van der Waals surface area contributed by atoms with Crippen LogP contribution in [0.5, 0.6) is 0 Å². The van der Waals surface area contributed by atoms with Crippen LogP contribution in [-0.4, -0.2) is 41.1 Å². The third kappa shape index (κ3) is 5.31. The van der Waals surface area contributed by atoms with Gasteiger partial charge in [0.2, 0.25) is 5.91 Å². The molecule has 3 atom stereocenters. The molecular formula is C28H36BNO5. The van der Waals surface area contributed by atoms with Crippen molar-refractivity contribution in [1.82, 2.24) is 4.90 Å². The van der Waals surface area contributed by atoms with E-state index < -0.39 is 12.1 Å². The summed E-state index contributed by atoms with van der Waals surface area (Å²) >= 11 is 0. The lowest BCUT2D eigenvalue weighted by atomic mass is 9.81. The van der Waals surface area contributed by atoms with Crippen molar-refractivity contribution in [1.29, 1.82) is 0 Å². The quantitative estimate of drug-likeness (QED) is 0.299. The van der Waals surface area contributed by atoms with Crippen LogP contribution in [0.25, 0.3) is 0 Å².